The summed E-state index contributed by atoms with van der Waals surface area (Å²) in [5.74, 6) is -0.509. The summed E-state index contributed by atoms with van der Waals surface area (Å²) in [7, 11) is 2.86. The van der Waals surface area contributed by atoms with Crippen LogP contribution in [0.1, 0.15) is 16.1 Å². The molecule has 0 radical (unpaired) electrons. The van der Waals surface area contributed by atoms with Crippen molar-refractivity contribution in [3.05, 3.63) is 68.5 Å². The molecule has 0 aliphatic carbocycles. The fourth-order valence-electron chi connectivity index (χ4n) is 2.44. The van der Waals surface area contributed by atoms with Gasteiger partial charge < -0.3 is 5.32 Å². The smallest absolute Gasteiger partial charge is 0.321 e. The van der Waals surface area contributed by atoms with Crippen LogP contribution < -0.4 is 16.6 Å². The van der Waals surface area contributed by atoms with Crippen molar-refractivity contribution in [3.63, 3.8) is 0 Å². The number of nitrogens with zero attached hydrogens (tertiary/aromatic N) is 4. The number of aromatic nitrogens is 3. The van der Waals surface area contributed by atoms with Crippen molar-refractivity contribution in [2.24, 2.45) is 14.1 Å². The molecule has 0 unspecified atom stereocenters. The van der Waals surface area contributed by atoms with Gasteiger partial charge >= 0.3 is 5.69 Å². The molecule has 0 aliphatic heterocycles. The molecule has 0 spiro atoms. The van der Waals surface area contributed by atoms with Crippen molar-refractivity contribution in [2.45, 2.75) is 0 Å². The van der Waals surface area contributed by atoms with Gasteiger partial charge in [-0.05, 0) is 30.3 Å². The Hall–Kier alpha value is -3.73. The van der Waals surface area contributed by atoms with Crippen molar-refractivity contribution in [2.75, 3.05) is 5.32 Å². The number of amides is 1. The van der Waals surface area contributed by atoms with Gasteiger partial charge in [0.15, 0.2) is 0 Å². The number of hydrogen-bond acceptors (Lipinski definition) is 5. The average molecular weight is 335 g/mol. The number of fused-ring (bicyclic) bond motifs is 1. The Balaban J connectivity index is 2.04. The topological polar surface area (TPSA) is 110 Å². The van der Waals surface area contributed by atoms with E-state index >= 15 is 0 Å². The molecule has 8 heteroatoms. The Morgan fingerprint density at radius 2 is 1.92 bits per heavy atom. The Morgan fingerprint density at radius 3 is 2.64 bits per heavy atom. The second kappa shape index (κ2) is 6.05. The first-order valence-corrected chi connectivity index (χ1v) is 7.30. The van der Waals surface area contributed by atoms with Gasteiger partial charge in [0, 0.05) is 19.8 Å². The SMILES string of the molecule is Cn1c(=O)c2ccc(C(=O)Nc3cccc(C#N)c3)nc2n(C)c1=O. The van der Waals surface area contributed by atoms with Gasteiger partial charge in [-0.1, -0.05) is 6.07 Å². The predicted molar refractivity (Wildman–Crippen MR) is 91.3 cm³/mol. The van der Waals surface area contributed by atoms with E-state index in [1.165, 1.54) is 36.9 Å². The van der Waals surface area contributed by atoms with E-state index in [0.29, 0.717) is 11.3 Å². The fourth-order valence-corrected chi connectivity index (χ4v) is 2.44. The van der Waals surface area contributed by atoms with Crippen molar-refractivity contribution in [1.82, 2.24) is 14.1 Å². The van der Waals surface area contributed by atoms with Gasteiger partial charge in [0.05, 0.1) is 17.0 Å². The van der Waals surface area contributed by atoms with Crippen molar-refractivity contribution < 1.29 is 4.79 Å². The van der Waals surface area contributed by atoms with E-state index in [9.17, 15) is 14.4 Å². The molecule has 25 heavy (non-hydrogen) atoms. The molecular formula is C17H13N5O3. The first-order valence-electron chi connectivity index (χ1n) is 7.30. The van der Waals surface area contributed by atoms with Gasteiger partial charge in [0.2, 0.25) is 0 Å². The summed E-state index contributed by atoms with van der Waals surface area (Å²) in [5.41, 5.74) is 0.0483. The Morgan fingerprint density at radius 1 is 1.16 bits per heavy atom. The zero-order valence-corrected chi connectivity index (χ0v) is 13.5. The second-order valence-corrected chi connectivity index (χ2v) is 5.42. The molecule has 1 amide bonds. The van der Waals surface area contributed by atoms with Crippen LogP contribution in [-0.2, 0) is 14.1 Å². The summed E-state index contributed by atoms with van der Waals surface area (Å²) in [5, 5.41) is 11.8. The first kappa shape index (κ1) is 16.1. The van der Waals surface area contributed by atoms with Crippen molar-refractivity contribution in [1.29, 1.82) is 5.26 Å². The van der Waals surface area contributed by atoms with Gasteiger partial charge in [-0.25, -0.2) is 9.78 Å². The molecule has 1 aromatic carbocycles. The summed E-state index contributed by atoms with van der Waals surface area (Å²) in [6.07, 6.45) is 0. The van der Waals surface area contributed by atoms with Crippen LogP contribution in [0, 0.1) is 11.3 Å². The Bertz CT molecular complexity index is 1170. The third-order valence-corrected chi connectivity index (χ3v) is 3.78. The molecular weight excluding hydrogens is 322 g/mol. The van der Waals surface area contributed by atoms with Crippen LogP contribution >= 0.6 is 0 Å². The lowest BCUT2D eigenvalue weighted by Crippen LogP contribution is -2.37. The van der Waals surface area contributed by atoms with Crippen molar-refractivity contribution in [3.8, 4) is 6.07 Å². The van der Waals surface area contributed by atoms with Crippen LogP contribution in [0.5, 0.6) is 0 Å². The molecule has 0 atom stereocenters. The fraction of sp³-hybridized carbons (Fsp3) is 0.118. The average Bonchev–Trinajstić information content (AvgIpc) is 2.64. The van der Waals surface area contributed by atoms with E-state index in [1.807, 2.05) is 6.07 Å². The van der Waals surface area contributed by atoms with Gasteiger partial charge in [0.25, 0.3) is 11.5 Å². The number of aryl methyl sites for hydroxylation is 1. The van der Waals surface area contributed by atoms with Crippen LogP contribution in [0.15, 0.2) is 46.0 Å². The van der Waals surface area contributed by atoms with Crippen LogP contribution in [0.3, 0.4) is 0 Å². The number of nitrogens with one attached hydrogen (secondary N) is 1. The van der Waals surface area contributed by atoms with E-state index in [1.54, 1.807) is 18.2 Å². The molecule has 3 rings (SSSR count). The van der Waals surface area contributed by atoms with E-state index in [4.69, 9.17) is 5.26 Å². The number of carbonyl (C=O) groups is 1. The minimum atomic E-state index is -0.524. The summed E-state index contributed by atoms with van der Waals surface area (Å²) >= 11 is 0. The zero-order valence-electron chi connectivity index (χ0n) is 13.5. The standard InChI is InChI=1S/C17H13N5O3/c1-21-14-12(16(24)22(2)17(21)25)6-7-13(20-14)15(23)19-11-5-3-4-10(8-11)9-18/h3-8H,1-2H3,(H,19,23). The highest BCUT2D eigenvalue weighted by molar-refractivity contribution is 6.03. The molecule has 0 saturated heterocycles. The Labute approximate surface area is 141 Å². The van der Waals surface area contributed by atoms with Crippen LogP contribution in [0.2, 0.25) is 0 Å². The minimum Gasteiger partial charge on any atom is -0.321 e. The lowest BCUT2D eigenvalue weighted by molar-refractivity contribution is 0.102. The number of nitriles is 1. The zero-order chi connectivity index (χ0) is 18.1. The lowest BCUT2D eigenvalue weighted by Gasteiger charge is -2.09. The molecule has 0 fully saturated rings. The largest absolute Gasteiger partial charge is 0.332 e. The molecule has 1 N–H and O–H groups in total. The molecule has 124 valence electrons. The normalized spacial score (nSPS) is 10.4. The monoisotopic (exact) mass is 335 g/mol. The number of carbonyl (C=O) groups excluding carboxylic acids is 1. The molecule has 0 saturated carbocycles. The van der Waals surface area contributed by atoms with Gasteiger partial charge in [0.1, 0.15) is 11.3 Å². The number of pyridine rings is 1. The molecule has 8 nitrogen and oxygen atoms in total. The van der Waals surface area contributed by atoms with Crippen molar-refractivity contribution >= 4 is 22.6 Å². The number of rotatable bonds is 2. The minimum absolute atomic E-state index is 0.0538. The molecule has 2 aromatic heterocycles. The maximum Gasteiger partial charge on any atom is 0.332 e. The molecule has 3 aromatic rings. The van der Waals surface area contributed by atoms with Gasteiger partial charge in [-0.15, -0.1) is 0 Å². The van der Waals surface area contributed by atoms with Crippen LogP contribution in [0.4, 0.5) is 5.69 Å². The lowest BCUT2D eigenvalue weighted by atomic mass is 10.2. The second-order valence-electron chi connectivity index (χ2n) is 5.42. The molecule has 0 aliphatic rings. The highest BCUT2D eigenvalue weighted by atomic mass is 16.2. The Kier molecular flexibility index (Phi) is 3.91. The van der Waals surface area contributed by atoms with E-state index in [-0.39, 0.29) is 16.7 Å². The summed E-state index contributed by atoms with van der Waals surface area (Å²) < 4.78 is 2.20. The number of anilines is 1. The van der Waals surface area contributed by atoms with Crippen LogP contribution in [0.25, 0.3) is 11.0 Å². The summed E-state index contributed by atoms with van der Waals surface area (Å²) in [6, 6.07) is 11.3. The predicted octanol–water partition coefficient (Wildman–Crippen LogP) is 0.756. The maximum atomic E-state index is 12.4. The third kappa shape index (κ3) is 2.79. The quantitative estimate of drug-likeness (QED) is 0.743. The third-order valence-electron chi connectivity index (χ3n) is 3.78. The summed E-state index contributed by atoms with van der Waals surface area (Å²) in [6.45, 7) is 0. The van der Waals surface area contributed by atoms with E-state index in [2.05, 4.69) is 10.3 Å². The number of hydrogen-bond donors (Lipinski definition) is 1. The maximum absolute atomic E-state index is 12.4. The first-order chi connectivity index (χ1) is 11.9. The van der Waals surface area contributed by atoms with Gasteiger partial charge in [-0.2, -0.15) is 5.26 Å². The van der Waals surface area contributed by atoms with Gasteiger partial charge in [-0.3, -0.25) is 18.7 Å². The highest BCUT2D eigenvalue weighted by Crippen LogP contribution is 2.12. The highest BCUT2D eigenvalue weighted by Gasteiger charge is 2.14. The summed E-state index contributed by atoms with van der Waals surface area (Å²) in [4.78, 5) is 40.7. The number of benzene rings is 1. The molecule has 2 heterocycles. The van der Waals surface area contributed by atoms with E-state index in [0.717, 1.165) is 4.57 Å². The van der Waals surface area contributed by atoms with Crippen LogP contribution in [-0.4, -0.2) is 20.0 Å². The molecule has 0 bridgehead atoms. The van der Waals surface area contributed by atoms with E-state index < -0.39 is 17.2 Å².